The van der Waals surface area contributed by atoms with Crippen molar-refractivity contribution in [1.29, 1.82) is 0 Å². The Morgan fingerprint density at radius 3 is 2.93 bits per heavy atom. The molecule has 0 saturated heterocycles. The van der Waals surface area contributed by atoms with E-state index in [1.807, 2.05) is 0 Å². The smallest absolute Gasteiger partial charge is 0.449 e. The maximum absolute atomic E-state index is 10.3. The molecule has 4 heteroatoms. The van der Waals surface area contributed by atoms with Gasteiger partial charge >= 0.3 is 6.16 Å². The first-order valence-electron chi connectivity index (χ1n) is 4.47. The van der Waals surface area contributed by atoms with Crippen LogP contribution in [-0.2, 0) is 5.41 Å². The molecule has 0 bridgehead atoms. The van der Waals surface area contributed by atoms with Gasteiger partial charge in [0.25, 0.3) is 0 Å². The maximum Gasteiger partial charge on any atom is 0.511 e. The Morgan fingerprint density at radius 1 is 1.64 bits per heavy atom. The van der Waals surface area contributed by atoms with Gasteiger partial charge in [0.15, 0.2) is 0 Å². The highest BCUT2D eigenvalue weighted by Crippen LogP contribution is 2.47. The Hall–Kier alpha value is -1.58. The molecule has 0 aliphatic heterocycles. The van der Waals surface area contributed by atoms with Crippen molar-refractivity contribution in [2.24, 2.45) is 0 Å². The number of hydrogen-bond acceptors (Lipinski definition) is 3. The van der Waals surface area contributed by atoms with Crippen LogP contribution >= 0.6 is 0 Å². The van der Waals surface area contributed by atoms with E-state index in [2.05, 4.69) is 16.6 Å². The molecule has 1 aliphatic rings. The Kier molecular flexibility index (Phi) is 1.91. The predicted octanol–water partition coefficient (Wildman–Crippen LogP) is 2.19. The van der Waals surface area contributed by atoms with Crippen LogP contribution in [0, 0.1) is 0 Å². The monoisotopic (exact) mass is 193 g/mol. The molecule has 0 aromatic carbocycles. The maximum atomic E-state index is 10.3. The molecular weight excluding hydrogens is 182 g/mol. The van der Waals surface area contributed by atoms with Crippen LogP contribution in [-0.4, -0.2) is 16.2 Å². The van der Waals surface area contributed by atoms with Crippen LogP contribution in [0.1, 0.15) is 25.5 Å². The summed E-state index contributed by atoms with van der Waals surface area (Å²) in [5.41, 5.74) is 1.05. The summed E-state index contributed by atoms with van der Waals surface area (Å²) < 4.78 is 4.55. The van der Waals surface area contributed by atoms with Crippen LogP contribution in [0.25, 0.3) is 0 Å². The molecule has 1 saturated carbocycles. The number of carbonyl (C=O) groups is 1. The Morgan fingerprint density at radius 2 is 2.36 bits per heavy atom. The number of carboxylic acid groups (broad SMARTS) is 1. The zero-order chi connectivity index (χ0) is 10.2. The number of hydrogen-bond donors (Lipinski definition) is 1. The summed E-state index contributed by atoms with van der Waals surface area (Å²) in [6.07, 6.45) is 2.51. The van der Waals surface area contributed by atoms with Crippen molar-refractivity contribution in [3.05, 3.63) is 24.0 Å². The van der Waals surface area contributed by atoms with Gasteiger partial charge in [-0.3, -0.25) is 4.98 Å². The largest absolute Gasteiger partial charge is 0.511 e. The quantitative estimate of drug-likeness (QED) is 0.731. The minimum Gasteiger partial charge on any atom is -0.449 e. The number of rotatable bonds is 2. The van der Waals surface area contributed by atoms with Gasteiger partial charge in [-0.25, -0.2) is 4.79 Å². The third kappa shape index (κ3) is 1.69. The molecular formula is C10H11NO3. The minimum absolute atomic E-state index is 0.137. The first-order chi connectivity index (χ1) is 6.60. The van der Waals surface area contributed by atoms with E-state index in [0.29, 0.717) is 5.75 Å². The van der Waals surface area contributed by atoms with Crippen LogP contribution in [0.2, 0.25) is 0 Å². The van der Waals surface area contributed by atoms with Gasteiger partial charge in [-0.15, -0.1) is 0 Å². The van der Waals surface area contributed by atoms with Crippen molar-refractivity contribution < 1.29 is 14.6 Å². The van der Waals surface area contributed by atoms with E-state index in [1.54, 1.807) is 18.3 Å². The second-order valence-electron chi connectivity index (χ2n) is 3.81. The Labute approximate surface area is 81.5 Å². The van der Waals surface area contributed by atoms with Crippen molar-refractivity contribution in [3.8, 4) is 5.75 Å². The fourth-order valence-electron chi connectivity index (χ4n) is 1.35. The van der Waals surface area contributed by atoms with Gasteiger partial charge in [0.1, 0.15) is 5.75 Å². The fraction of sp³-hybridized carbons (Fsp3) is 0.400. The lowest BCUT2D eigenvalue weighted by Gasteiger charge is -2.08. The van der Waals surface area contributed by atoms with Crippen LogP contribution in [0.3, 0.4) is 0 Å². The second kappa shape index (κ2) is 2.97. The number of ether oxygens (including phenoxy) is 1. The highest BCUT2D eigenvalue weighted by molar-refractivity contribution is 5.61. The summed E-state index contributed by atoms with van der Waals surface area (Å²) in [6, 6.07) is 3.24. The van der Waals surface area contributed by atoms with E-state index in [0.717, 1.165) is 18.5 Å². The molecule has 0 unspecified atom stereocenters. The normalized spacial score (nSPS) is 17.5. The lowest BCUT2D eigenvalue weighted by Crippen LogP contribution is -2.06. The summed E-state index contributed by atoms with van der Waals surface area (Å²) in [5, 5.41) is 8.43. The van der Waals surface area contributed by atoms with Crippen molar-refractivity contribution in [2.45, 2.75) is 25.2 Å². The average Bonchev–Trinajstić information content (AvgIpc) is 2.84. The standard InChI is InChI=1S/C10H11NO3/c1-10(3-4-10)8-6-7(2-5-11-8)14-9(12)13/h2,5-6H,3-4H2,1H3,(H,12,13). The highest BCUT2D eigenvalue weighted by atomic mass is 16.7. The second-order valence-corrected chi connectivity index (χ2v) is 3.81. The molecule has 4 nitrogen and oxygen atoms in total. The molecule has 1 aromatic rings. The van der Waals surface area contributed by atoms with Gasteiger partial charge in [0.05, 0.1) is 0 Å². The van der Waals surface area contributed by atoms with Crippen LogP contribution in [0.4, 0.5) is 4.79 Å². The van der Waals surface area contributed by atoms with E-state index >= 15 is 0 Å². The summed E-state index contributed by atoms with van der Waals surface area (Å²) in [5.74, 6) is 0.343. The van der Waals surface area contributed by atoms with E-state index in [1.165, 1.54) is 0 Å². The lowest BCUT2D eigenvalue weighted by atomic mass is 10.1. The van der Waals surface area contributed by atoms with E-state index in [-0.39, 0.29) is 5.41 Å². The van der Waals surface area contributed by atoms with Crippen LogP contribution in [0.5, 0.6) is 5.75 Å². The number of nitrogens with zero attached hydrogens (tertiary/aromatic N) is 1. The van der Waals surface area contributed by atoms with Gasteiger partial charge in [-0.1, -0.05) is 6.92 Å². The van der Waals surface area contributed by atoms with Crippen molar-refractivity contribution in [3.63, 3.8) is 0 Å². The Balaban J connectivity index is 2.23. The van der Waals surface area contributed by atoms with Gasteiger partial charge in [0.2, 0.25) is 0 Å². The van der Waals surface area contributed by atoms with Gasteiger partial charge < -0.3 is 9.84 Å². The topological polar surface area (TPSA) is 59.4 Å². The molecule has 1 aromatic heterocycles. The van der Waals surface area contributed by atoms with Crippen molar-refractivity contribution in [2.75, 3.05) is 0 Å². The zero-order valence-corrected chi connectivity index (χ0v) is 7.86. The molecule has 0 amide bonds. The molecule has 1 fully saturated rings. The van der Waals surface area contributed by atoms with Crippen molar-refractivity contribution >= 4 is 6.16 Å². The van der Waals surface area contributed by atoms with Gasteiger partial charge in [0, 0.05) is 23.4 Å². The summed E-state index contributed by atoms with van der Waals surface area (Å²) in [7, 11) is 0. The van der Waals surface area contributed by atoms with E-state index in [9.17, 15) is 4.79 Å². The van der Waals surface area contributed by atoms with Crippen LogP contribution < -0.4 is 4.74 Å². The molecule has 1 aliphatic carbocycles. The summed E-state index contributed by atoms with van der Waals surface area (Å²) >= 11 is 0. The van der Waals surface area contributed by atoms with E-state index in [4.69, 9.17) is 5.11 Å². The fourth-order valence-corrected chi connectivity index (χ4v) is 1.35. The third-order valence-corrected chi connectivity index (χ3v) is 2.55. The summed E-state index contributed by atoms with van der Waals surface area (Å²) in [4.78, 5) is 14.5. The predicted molar refractivity (Wildman–Crippen MR) is 49.5 cm³/mol. The van der Waals surface area contributed by atoms with Gasteiger partial charge in [-0.05, 0) is 18.9 Å². The lowest BCUT2D eigenvalue weighted by molar-refractivity contribution is 0.144. The van der Waals surface area contributed by atoms with E-state index < -0.39 is 6.16 Å². The molecule has 0 spiro atoms. The molecule has 1 heterocycles. The summed E-state index contributed by atoms with van der Waals surface area (Å²) in [6.45, 7) is 2.11. The number of aromatic nitrogens is 1. The Bertz CT molecular complexity index is 371. The molecule has 2 rings (SSSR count). The SMILES string of the molecule is CC1(c2cc(OC(=O)O)ccn2)CC1. The molecule has 0 radical (unpaired) electrons. The van der Waals surface area contributed by atoms with Crippen molar-refractivity contribution in [1.82, 2.24) is 4.98 Å². The number of pyridine rings is 1. The van der Waals surface area contributed by atoms with Crippen LogP contribution in [0.15, 0.2) is 18.3 Å². The first-order valence-corrected chi connectivity index (χ1v) is 4.47. The first kappa shape index (κ1) is 8.99. The molecule has 14 heavy (non-hydrogen) atoms. The molecule has 1 N–H and O–H groups in total. The highest BCUT2D eigenvalue weighted by Gasteiger charge is 2.40. The zero-order valence-electron chi connectivity index (χ0n) is 7.86. The molecule has 0 atom stereocenters. The third-order valence-electron chi connectivity index (χ3n) is 2.55. The van der Waals surface area contributed by atoms with Gasteiger partial charge in [-0.2, -0.15) is 0 Å². The minimum atomic E-state index is -1.29. The average molecular weight is 193 g/mol. The molecule has 74 valence electrons.